The Kier molecular flexibility index (Phi) is 10.7. The van der Waals surface area contributed by atoms with Gasteiger partial charge in [0.25, 0.3) is 0 Å². The van der Waals surface area contributed by atoms with Crippen LogP contribution in [0.25, 0.3) is 11.1 Å². The smallest absolute Gasteiger partial charge is 0.127 e. The molecule has 2 nitrogen and oxygen atoms in total. The molecule has 0 aliphatic carbocycles. The molecule has 2 rings (SSSR count). The molecule has 0 unspecified atom stereocenters. The summed E-state index contributed by atoms with van der Waals surface area (Å²) in [5.74, 6) is 1.73. The van der Waals surface area contributed by atoms with Crippen LogP contribution in [0.2, 0.25) is 0 Å². The normalized spacial score (nSPS) is 8.67. The van der Waals surface area contributed by atoms with Crippen LogP contribution in [0.1, 0.15) is 34.6 Å². The van der Waals surface area contributed by atoms with Gasteiger partial charge in [-0.25, -0.2) is 0 Å². The van der Waals surface area contributed by atoms with Gasteiger partial charge in [-0.05, 0) is 30.7 Å². The van der Waals surface area contributed by atoms with Crippen molar-refractivity contribution < 1.29 is 9.47 Å². The van der Waals surface area contributed by atoms with Gasteiger partial charge in [-0.3, -0.25) is 0 Å². The molecule has 0 bridgehead atoms. The van der Waals surface area contributed by atoms with E-state index in [0.29, 0.717) is 6.61 Å². The Morgan fingerprint density at radius 2 is 1.48 bits per heavy atom. The van der Waals surface area contributed by atoms with E-state index in [4.69, 9.17) is 9.47 Å². The highest BCUT2D eigenvalue weighted by Crippen LogP contribution is 2.33. The lowest BCUT2D eigenvalue weighted by atomic mass is 10.0. The minimum atomic E-state index is 0.659. The van der Waals surface area contributed by atoms with E-state index in [0.717, 1.165) is 22.6 Å². The number of benzene rings is 2. The number of ether oxygens (including phenoxy) is 2. The van der Waals surface area contributed by atoms with Gasteiger partial charge in [-0.2, -0.15) is 0 Å². The molecular formula is C19H28O2. The minimum Gasteiger partial charge on any atom is -0.497 e. The van der Waals surface area contributed by atoms with Gasteiger partial charge in [-0.1, -0.05) is 58.0 Å². The van der Waals surface area contributed by atoms with Crippen molar-refractivity contribution in [1.29, 1.82) is 0 Å². The predicted molar refractivity (Wildman–Crippen MR) is 92.3 cm³/mol. The first kappa shape index (κ1) is 19.0. The molecule has 2 aromatic carbocycles. The highest BCUT2D eigenvalue weighted by molar-refractivity contribution is 5.71. The lowest BCUT2D eigenvalue weighted by molar-refractivity contribution is 0.340. The molecule has 0 aliphatic rings. The van der Waals surface area contributed by atoms with E-state index in [1.165, 1.54) is 0 Å². The van der Waals surface area contributed by atoms with Gasteiger partial charge in [-0.15, -0.1) is 0 Å². The van der Waals surface area contributed by atoms with Gasteiger partial charge < -0.3 is 9.47 Å². The van der Waals surface area contributed by atoms with Gasteiger partial charge in [0.05, 0.1) is 13.7 Å². The maximum absolute atomic E-state index is 5.64. The molecule has 0 atom stereocenters. The average Bonchev–Trinajstić information content (AvgIpc) is 2.60. The Hall–Kier alpha value is -1.96. The Morgan fingerprint density at radius 1 is 0.857 bits per heavy atom. The Bertz CT molecular complexity index is 478. The van der Waals surface area contributed by atoms with Crippen LogP contribution in [-0.2, 0) is 0 Å². The van der Waals surface area contributed by atoms with E-state index < -0.39 is 0 Å². The fourth-order valence-electron chi connectivity index (χ4n) is 1.76. The lowest BCUT2D eigenvalue weighted by Crippen LogP contribution is -1.94. The minimum absolute atomic E-state index is 0.659. The van der Waals surface area contributed by atoms with Crippen molar-refractivity contribution in [3.8, 4) is 22.6 Å². The topological polar surface area (TPSA) is 18.5 Å². The van der Waals surface area contributed by atoms with Crippen LogP contribution in [0.15, 0.2) is 48.5 Å². The summed E-state index contributed by atoms with van der Waals surface area (Å²) >= 11 is 0. The first-order valence-corrected chi connectivity index (χ1v) is 7.71. The van der Waals surface area contributed by atoms with E-state index in [1.54, 1.807) is 7.11 Å². The molecule has 2 aromatic rings. The molecule has 0 amide bonds. The molecular weight excluding hydrogens is 260 g/mol. The quantitative estimate of drug-likeness (QED) is 0.706. The zero-order valence-electron chi connectivity index (χ0n) is 14.1. The lowest BCUT2D eigenvalue weighted by Gasteiger charge is -2.11. The zero-order chi connectivity index (χ0) is 16.1. The molecule has 0 N–H and O–H groups in total. The van der Waals surface area contributed by atoms with Crippen molar-refractivity contribution in [3.63, 3.8) is 0 Å². The van der Waals surface area contributed by atoms with Crippen LogP contribution >= 0.6 is 0 Å². The summed E-state index contributed by atoms with van der Waals surface area (Å²) in [7, 11) is 1.67. The van der Waals surface area contributed by atoms with Crippen molar-refractivity contribution >= 4 is 0 Å². The summed E-state index contributed by atoms with van der Waals surface area (Å²) in [6.07, 6.45) is 0. The van der Waals surface area contributed by atoms with Gasteiger partial charge >= 0.3 is 0 Å². The van der Waals surface area contributed by atoms with E-state index in [-0.39, 0.29) is 0 Å². The molecule has 0 saturated heterocycles. The summed E-state index contributed by atoms with van der Waals surface area (Å²) < 4.78 is 10.9. The molecule has 21 heavy (non-hydrogen) atoms. The summed E-state index contributed by atoms with van der Waals surface area (Å²) in [5, 5.41) is 0. The monoisotopic (exact) mass is 288 g/mol. The van der Waals surface area contributed by atoms with Gasteiger partial charge in [0.15, 0.2) is 0 Å². The Balaban J connectivity index is 0.000000921. The first-order chi connectivity index (χ1) is 10.3. The van der Waals surface area contributed by atoms with Crippen LogP contribution in [0.3, 0.4) is 0 Å². The number of hydrogen-bond donors (Lipinski definition) is 0. The largest absolute Gasteiger partial charge is 0.497 e. The third kappa shape index (κ3) is 5.90. The molecule has 0 aliphatic heterocycles. The van der Waals surface area contributed by atoms with Crippen molar-refractivity contribution in [2.24, 2.45) is 0 Å². The molecule has 0 fully saturated rings. The summed E-state index contributed by atoms with van der Waals surface area (Å²) in [4.78, 5) is 0. The van der Waals surface area contributed by atoms with Crippen LogP contribution in [0.4, 0.5) is 0 Å². The van der Waals surface area contributed by atoms with E-state index >= 15 is 0 Å². The first-order valence-electron chi connectivity index (χ1n) is 7.71. The van der Waals surface area contributed by atoms with Crippen molar-refractivity contribution in [2.75, 3.05) is 13.7 Å². The third-order valence-corrected chi connectivity index (χ3v) is 2.57. The summed E-state index contributed by atoms with van der Waals surface area (Å²) in [6.45, 7) is 10.6. The Labute approximate surface area is 129 Å². The van der Waals surface area contributed by atoms with E-state index in [1.807, 2.05) is 71.0 Å². The molecule has 116 valence electrons. The average molecular weight is 288 g/mol. The number of hydrogen-bond acceptors (Lipinski definition) is 2. The van der Waals surface area contributed by atoms with Gasteiger partial charge in [0, 0.05) is 5.56 Å². The van der Waals surface area contributed by atoms with Gasteiger partial charge in [0.1, 0.15) is 11.5 Å². The van der Waals surface area contributed by atoms with Crippen molar-refractivity contribution in [1.82, 2.24) is 0 Å². The highest BCUT2D eigenvalue weighted by Gasteiger charge is 2.07. The number of methoxy groups -OCH3 is 1. The summed E-state index contributed by atoms with van der Waals surface area (Å²) in [5.41, 5.74) is 2.20. The molecule has 0 spiro atoms. The van der Waals surface area contributed by atoms with E-state index in [9.17, 15) is 0 Å². The molecule has 2 heteroatoms. The standard InChI is InChI=1S/C15H16O2.2C2H6/c1-3-17-15-10-9-13(16-2)11-14(15)12-7-5-4-6-8-12;2*1-2/h4-11H,3H2,1-2H3;2*1-2H3. The van der Waals surface area contributed by atoms with Crippen LogP contribution in [0.5, 0.6) is 11.5 Å². The number of rotatable bonds is 4. The second-order valence-electron chi connectivity index (χ2n) is 3.66. The van der Waals surface area contributed by atoms with Crippen molar-refractivity contribution in [2.45, 2.75) is 34.6 Å². The zero-order valence-corrected chi connectivity index (χ0v) is 14.1. The fraction of sp³-hybridized carbons (Fsp3) is 0.368. The molecule has 0 heterocycles. The molecule has 0 radical (unpaired) electrons. The van der Waals surface area contributed by atoms with Crippen LogP contribution < -0.4 is 9.47 Å². The highest BCUT2D eigenvalue weighted by atomic mass is 16.5. The predicted octanol–water partition coefficient (Wildman–Crippen LogP) is 5.81. The third-order valence-electron chi connectivity index (χ3n) is 2.57. The Morgan fingerprint density at radius 3 is 2.00 bits per heavy atom. The SMILES string of the molecule is CC.CC.CCOc1ccc(OC)cc1-c1ccccc1. The van der Waals surface area contributed by atoms with Crippen LogP contribution in [-0.4, -0.2) is 13.7 Å². The molecule has 0 saturated carbocycles. The fourth-order valence-corrected chi connectivity index (χ4v) is 1.76. The van der Waals surface area contributed by atoms with Crippen LogP contribution in [0, 0.1) is 0 Å². The van der Waals surface area contributed by atoms with E-state index in [2.05, 4.69) is 12.1 Å². The van der Waals surface area contributed by atoms with Crippen molar-refractivity contribution in [3.05, 3.63) is 48.5 Å². The maximum Gasteiger partial charge on any atom is 0.127 e. The summed E-state index contributed by atoms with van der Waals surface area (Å²) in [6, 6.07) is 16.0. The second kappa shape index (κ2) is 11.8. The van der Waals surface area contributed by atoms with Gasteiger partial charge in [0.2, 0.25) is 0 Å². The second-order valence-corrected chi connectivity index (χ2v) is 3.66. The maximum atomic E-state index is 5.64. The molecule has 0 aromatic heterocycles.